The maximum atomic E-state index is 11.0. The molecule has 100 valence electrons. The molecular weight excluding hydrogens is 359 g/mol. The number of halogens is 1. The quantitative estimate of drug-likeness (QED) is 0.509. The Labute approximate surface area is 124 Å². The van der Waals surface area contributed by atoms with E-state index >= 15 is 0 Å². The number of hydrogen-bond donors (Lipinski definition) is 1. The molecule has 0 radical (unpaired) electrons. The summed E-state index contributed by atoms with van der Waals surface area (Å²) in [7, 11) is 1.85. The van der Waals surface area contributed by atoms with Gasteiger partial charge in [-0.15, -0.1) is 0 Å². The number of nitro groups is 1. The third kappa shape index (κ3) is 3.22. The lowest BCUT2D eigenvalue weighted by Gasteiger charge is -2.06. The first kappa shape index (κ1) is 13.8. The summed E-state index contributed by atoms with van der Waals surface area (Å²) in [6.07, 6.45) is 1.90. The van der Waals surface area contributed by atoms with Crippen molar-refractivity contribution in [1.82, 2.24) is 9.78 Å². The average molecular weight is 372 g/mol. The minimum atomic E-state index is -0.374. The predicted octanol–water partition coefficient (Wildman–Crippen LogP) is 2.85. The molecule has 1 heterocycles. The van der Waals surface area contributed by atoms with E-state index in [-0.39, 0.29) is 10.6 Å². The zero-order valence-corrected chi connectivity index (χ0v) is 12.7. The van der Waals surface area contributed by atoms with Crippen LogP contribution in [0.15, 0.2) is 24.4 Å². The number of aryl methyl sites for hydroxylation is 2. The summed E-state index contributed by atoms with van der Waals surface area (Å²) in [4.78, 5) is 10.6. The van der Waals surface area contributed by atoms with Crippen molar-refractivity contribution >= 4 is 34.0 Å². The maximum Gasteiger partial charge on any atom is 0.293 e. The minimum absolute atomic E-state index is 0.0912. The van der Waals surface area contributed by atoms with Crippen LogP contribution >= 0.6 is 22.6 Å². The fraction of sp³-hybridized carbons (Fsp3) is 0.250. The molecule has 0 fully saturated rings. The Hall–Kier alpha value is -1.64. The lowest BCUT2D eigenvalue weighted by Crippen LogP contribution is -2.03. The zero-order chi connectivity index (χ0) is 14.0. The van der Waals surface area contributed by atoms with Crippen LogP contribution in [0, 0.1) is 20.6 Å². The van der Waals surface area contributed by atoms with Gasteiger partial charge in [0.2, 0.25) is 0 Å². The highest BCUT2D eigenvalue weighted by Gasteiger charge is 2.14. The van der Waals surface area contributed by atoms with Crippen LogP contribution < -0.4 is 5.32 Å². The van der Waals surface area contributed by atoms with Gasteiger partial charge >= 0.3 is 0 Å². The molecular formula is C12H13IN4O2. The van der Waals surface area contributed by atoms with Crippen LogP contribution in [0.25, 0.3) is 0 Å². The molecule has 6 nitrogen and oxygen atoms in total. The molecule has 1 aromatic heterocycles. The van der Waals surface area contributed by atoms with Gasteiger partial charge in [0.05, 0.1) is 10.6 Å². The molecule has 1 N–H and O–H groups in total. The highest BCUT2D eigenvalue weighted by molar-refractivity contribution is 14.1. The molecule has 1 aromatic carbocycles. The molecule has 0 aliphatic carbocycles. The summed E-state index contributed by atoms with van der Waals surface area (Å²) in [6, 6.07) is 5.12. The molecule has 0 spiro atoms. The molecule has 0 aliphatic heterocycles. The van der Waals surface area contributed by atoms with Gasteiger partial charge in [0.1, 0.15) is 5.69 Å². The van der Waals surface area contributed by atoms with Crippen LogP contribution in [0.2, 0.25) is 0 Å². The van der Waals surface area contributed by atoms with Crippen molar-refractivity contribution in [3.63, 3.8) is 0 Å². The van der Waals surface area contributed by atoms with Crippen molar-refractivity contribution in [2.45, 2.75) is 13.5 Å². The van der Waals surface area contributed by atoms with Crippen molar-refractivity contribution < 1.29 is 4.92 Å². The van der Waals surface area contributed by atoms with E-state index in [1.54, 1.807) is 16.8 Å². The molecule has 0 bridgehead atoms. The second-order valence-corrected chi connectivity index (χ2v) is 5.43. The molecule has 0 saturated heterocycles. The van der Waals surface area contributed by atoms with E-state index in [9.17, 15) is 10.1 Å². The Kier molecular flexibility index (Phi) is 4.03. The number of nitrogens with zero attached hydrogens (tertiary/aromatic N) is 3. The smallest absolute Gasteiger partial charge is 0.293 e. The molecule has 0 aliphatic rings. The lowest BCUT2D eigenvalue weighted by atomic mass is 10.2. The maximum absolute atomic E-state index is 11.0. The van der Waals surface area contributed by atoms with Gasteiger partial charge in [0.25, 0.3) is 5.69 Å². The van der Waals surface area contributed by atoms with Gasteiger partial charge in [0, 0.05) is 35.0 Å². The van der Waals surface area contributed by atoms with Crippen molar-refractivity contribution in [2.24, 2.45) is 7.05 Å². The Morgan fingerprint density at radius 1 is 1.53 bits per heavy atom. The topological polar surface area (TPSA) is 73.0 Å². The Morgan fingerprint density at radius 3 is 2.84 bits per heavy atom. The van der Waals surface area contributed by atoms with E-state index < -0.39 is 0 Å². The first-order valence-electron chi connectivity index (χ1n) is 5.64. The highest BCUT2D eigenvalue weighted by atomic mass is 127. The van der Waals surface area contributed by atoms with Crippen LogP contribution in [-0.2, 0) is 13.6 Å². The molecule has 2 rings (SSSR count). The molecule has 0 amide bonds. The number of hydrogen-bond acceptors (Lipinski definition) is 4. The third-order valence-corrected chi connectivity index (χ3v) is 3.41. The van der Waals surface area contributed by atoms with Gasteiger partial charge in [-0.25, -0.2) is 0 Å². The number of rotatable bonds is 4. The fourth-order valence-electron chi connectivity index (χ4n) is 1.82. The van der Waals surface area contributed by atoms with E-state index in [2.05, 4.69) is 33.0 Å². The Bertz CT molecular complexity index is 624. The lowest BCUT2D eigenvalue weighted by molar-refractivity contribution is -0.384. The van der Waals surface area contributed by atoms with Gasteiger partial charge in [-0.2, -0.15) is 5.10 Å². The van der Waals surface area contributed by atoms with Gasteiger partial charge in [-0.1, -0.05) is 0 Å². The first-order chi connectivity index (χ1) is 8.97. The van der Waals surface area contributed by atoms with Gasteiger partial charge in [-0.3, -0.25) is 14.8 Å². The van der Waals surface area contributed by atoms with Crippen LogP contribution in [0.3, 0.4) is 0 Å². The van der Waals surface area contributed by atoms with E-state index in [1.807, 2.05) is 26.2 Å². The molecule has 0 saturated carbocycles. The third-order valence-electron chi connectivity index (χ3n) is 2.74. The average Bonchev–Trinajstić information content (AvgIpc) is 2.66. The van der Waals surface area contributed by atoms with Gasteiger partial charge < -0.3 is 5.32 Å². The van der Waals surface area contributed by atoms with Crippen LogP contribution in [0.4, 0.5) is 11.4 Å². The van der Waals surface area contributed by atoms with Crippen LogP contribution in [0.5, 0.6) is 0 Å². The second-order valence-electron chi connectivity index (χ2n) is 4.19. The summed E-state index contributed by atoms with van der Waals surface area (Å²) < 4.78 is 2.57. The van der Waals surface area contributed by atoms with Crippen LogP contribution in [-0.4, -0.2) is 14.7 Å². The second kappa shape index (κ2) is 5.55. The van der Waals surface area contributed by atoms with E-state index in [4.69, 9.17) is 0 Å². The van der Waals surface area contributed by atoms with Crippen molar-refractivity contribution in [3.8, 4) is 0 Å². The molecule has 2 aromatic rings. The minimum Gasteiger partial charge on any atom is -0.375 e. The van der Waals surface area contributed by atoms with E-state index in [0.717, 1.165) is 14.8 Å². The van der Waals surface area contributed by atoms with Crippen LogP contribution in [0.1, 0.15) is 11.3 Å². The number of aromatic nitrogens is 2. The SMILES string of the molecule is Cc1nn(C)cc1CNc1ccc(I)cc1[N+](=O)[O-]. The van der Waals surface area contributed by atoms with E-state index in [0.29, 0.717) is 12.2 Å². The largest absolute Gasteiger partial charge is 0.375 e. The number of benzene rings is 1. The molecule has 19 heavy (non-hydrogen) atoms. The summed E-state index contributed by atoms with van der Waals surface area (Å²) in [5, 5.41) is 18.3. The first-order valence-corrected chi connectivity index (χ1v) is 6.72. The molecule has 0 atom stereocenters. The number of anilines is 1. The zero-order valence-electron chi connectivity index (χ0n) is 10.6. The van der Waals surface area contributed by atoms with Gasteiger partial charge in [-0.05, 0) is 41.6 Å². The predicted molar refractivity (Wildman–Crippen MR) is 81.1 cm³/mol. The molecule has 0 unspecified atom stereocenters. The summed E-state index contributed by atoms with van der Waals surface area (Å²) >= 11 is 2.06. The van der Waals surface area contributed by atoms with E-state index in [1.165, 1.54) is 0 Å². The Morgan fingerprint density at radius 2 is 2.26 bits per heavy atom. The summed E-state index contributed by atoms with van der Waals surface area (Å²) in [6.45, 7) is 2.43. The monoisotopic (exact) mass is 372 g/mol. The van der Waals surface area contributed by atoms with Crippen molar-refractivity contribution in [1.29, 1.82) is 0 Å². The number of nitrogens with one attached hydrogen (secondary N) is 1. The highest BCUT2D eigenvalue weighted by Crippen LogP contribution is 2.26. The summed E-state index contributed by atoms with van der Waals surface area (Å²) in [5.74, 6) is 0. The standard InChI is InChI=1S/C12H13IN4O2/c1-8-9(7-16(2)15-8)6-14-11-4-3-10(13)5-12(11)17(18)19/h3-5,7,14H,6H2,1-2H3. The molecule has 7 heteroatoms. The fourth-order valence-corrected chi connectivity index (χ4v) is 2.29. The van der Waals surface area contributed by atoms with Crippen molar-refractivity contribution in [2.75, 3.05) is 5.32 Å². The van der Waals surface area contributed by atoms with Crippen molar-refractivity contribution in [3.05, 3.63) is 49.3 Å². The number of nitro benzene ring substituents is 1. The van der Waals surface area contributed by atoms with Gasteiger partial charge in [0.15, 0.2) is 0 Å². The summed E-state index contributed by atoms with van der Waals surface area (Å²) in [5.41, 5.74) is 2.56. The normalized spacial score (nSPS) is 10.5. The Balaban J connectivity index is 2.20.